The van der Waals surface area contributed by atoms with E-state index in [4.69, 9.17) is 4.74 Å². The average Bonchev–Trinajstić information content (AvgIpc) is 2.75. The van der Waals surface area contributed by atoms with E-state index < -0.39 is 23.8 Å². The first kappa shape index (κ1) is 20.8. The van der Waals surface area contributed by atoms with Crippen LogP contribution in [0.5, 0.6) is 5.75 Å². The summed E-state index contributed by atoms with van der Waals surface area (Å²) in [5, 5.41) is 2.16. The molecule has 0 bridgehead atoms. The highest BCUT2D eigenvalue weighted by Gasteiger charge is 2.36. The van der Waals surface area contributed by atoms with E-state index >= 15 is 0 Å². The maximum absolute atomic E-state index is 12.9. The van der Waals surface area contributed by atoms with Crippen molar-refractivity contribution in [3.8, 4) is 5.75 Å². The van der Waals surface area contributed by atoms with Crippen molar-refractivity contribution in [2.24, 2.45) is 0 Å². The zero-order valence-electron chi connectivity index (χ0n) is 16.5. The van der Waals surface area contributed by atoms with Crippen molar-refractivity contribution in [1.29, 1.82) is 0 Å². The monoisotopic (exact) mass is 408 g/mol. The van der Waals surface area contributed by atoms with Gasteiger partial charge in [-0.1, -0.05) is 19.1 Å². The SMILES string of the molecule is CCCOc1ccc(/C=C2\C(=O)NC(=O)N(c3ccc(C(=O)OC)cc3)C2=O)cc1. The van der Waals surface area contributed by atoms with Crippen LogP contribution >= 0.6 is 0 Å². The quantitative estimate of drug-likeness (QED) is 0.448. The second-order valence-corrected chi connectivity index (χ2v) is 6.41. The number of hydrogen-bond donors (Lipinski definition) is 1. The largest absolute Gasteiger partial charge is 0.494 e. The second-order valence-electron chi connectivity index (χ2n) is 6.41. The zero-order valence-corrected chi connectivity index (χ0v) is 16.5. The van der Waals surface area contributed by atoms with Crippen molar-refractivity contribution in [3.05, 3.63) is 65.2 Å². The number of carbonyl (C=O) groups is 4. The molecule has 30 heavy (non-hydrogen) atoms. The number of nitrogens with zero attached hydrogens (tertiary/aromatic N) is 1. The molecule has 0 aromatic heterocycles. The molecule has 1 aliphatic rings. The van der Waals surface area contributed by atoms with Gasteiger partial charge in [0.25, 0.3) is 11.8 Å². The fourth-order valence-electron chi connectivity index (χ4n) is 2.80. The molecule has 0 atom stereocenters. The van der Waals surface area contributed by atoms with Crippen molar-refractivity contribution >= 4 is 35.6 Å². The van der Waals surface area contributed by atoms with Crippen LogP contribution in [0.1, 0.15) is 29.3 Å². The third kappa shape index (κ3) is 4.38. The highest BCUT2D eigenvalue weighted by molar-refractivity contribution is 6.39. The van der Waals surface area contributed by atoms with Crippen LogP contribution < -0.4 is 15.0 Å². The summed E-state index contributed by atoms with van der Waals surface area (Å²) in [6, 6.07) is 11.7. The average molecular weight is 408 g/mol. The number of benzene rings is 2. The van der Waals surface area contributed by atoms with Gasteiger partial charge in [0.1, 0.15) is 11.3 Å². The second kappa shape index (κ2) is 9.04. The molecule has 0 spiro atoms. The fourth-order valence-corrected chi connectivity index (χ4v) is 2.80. The lowest BCUT2D eigenvalue weighted by Crippen LogP contribution is -2.54. The van der Waals surface area contributed by atoms with Gasteiger partial charge in [0.2, 0.25) is 0 Å². The Morgan fingerprint density at radius 3 is 2.30 bits per heavy atom. The number of esters is 1. The van der Waals surface area contributed by atoms with E-state index in [2.05, 4.69) is 10.1 Å². The topological polar surface area (TPSA) is 102 Å². The maximum Gasteiger partial charge on any atom is 0.337 e. The Balaban J connectivity index is 1.87. The molecule has 0 unspecified atom stereocenters. The number of amides is 4. The van der Waals surface area contributed by atoms with Crippen LogP contribution in [0.15, 0.2) is 54.1 Å². The van der Waals surface area contributed by atoms with Crippen LogP contribution in [0.4, 0.5) is 10.5 Å². The number of nitrogens with one attached hydrogen (secondary N) is 1. The smallest absolute Gasteiger partial charge is 0.337 e. The van der Waals surface area contributed by atoms with Crippen LogP contribution in [-0.2, 0) is 14.3 Å². The Hall–Kier alpha value is -3.94. The van der Waals surface area contributed by atoms with Crippen LogP contribution in [0.25, 0.3) is 6.08 Å². The standard InChI is InChI=1S/C22H20N2O6/c1-3-12-30-17-10-4-14(5-11-17)13-18-19(25)23-22(28)24(20(18)26)16-8-6-15(7-9-16)21(27)29-2/h4-11,13H,3,12H2,1-2H3,(H,23,25,28)/b18-13+. The number of carbonyl (C=O) groups excluding carboxylic acids is 4. The highest BCUT2D eigenvalue weighted by Crippen LogP contribution is 2.23. The first-order valence-corrected chi connectivity index (χ1v) is 9.27. The molecule has 154 valence electrons. The molecule has 0 radical (unpaired) electrons. The minimum Gasteiger partial charge on any atom is -0.494 e. The van der Waals surface area contributed by atoms with Gasteiger partial charge in [0.05, 0.1) is 25.0 Å². The van der Waals surface area contributed by atoms with E-state index in [-0.39, 0.29) is 16.8 Å². The fraction of sp³-hybridized carbons (Fsp3) is 0.182. The van der Waals surface area contributed by atoms with Crippen LogP contribution in [-0.4, -0.2) is 37.5 Å². The van der Waals surface area contributed by atoms with Gasteiger partial charge in [-0.2, -0.15) is 0 Å². The van der Waals surface area contributed by atoms with E-state index in [0.717, 1.165) is 11.3 Å². The molecule has 1 fully saturated rings. The number of barbiturate groups is 1. The van der Waals surface area contributed by atoms with Gasteiger partial charge in [-0.25, -0.2) is 14.5 Å². The summed E-state index contributed by atoms with van der Waals surface area (Å²) < 4.78 is 10.1. The molecule has 1 N–H and O–H groups in total. The van der Waals surface area contributed by atoms with Crippen molar-refractivity contribution in [2.75, 3.05) is 18.6 Å². The minimum atomic E-state index is -0.865. The summed E-state index contributed by atoms with van der Waals surface area (Å²) in [6.45, 7) is 2.59. The normalized spacial score (nSPS) is 15.2. The lowest BCUT2D eigenvalue weighted by Gasteiger charge is -2.26. The lowest BCUT2D eigenvalue weighted by atomic mass is 10.1. The molecule has 0 aliphatic carbocycles. The van der Waals surface area contributed by atoms with Crippen molar-refractivity contribution in [1.82, 2.24) is 5.32 Å². The molecule has 2 aromatic carbocycles. The molecule has 3 rings (SSSR count). The number of rotatable bonds is 6. The van der Waals surface area contributed by atoms with Gasteiger partial charge >= 0.3 is 12.0 Å². The zero-order chi connectivity index (χ0) is 21.7. The molecule has 2 aromatic rings. The molecular formula is C22H20N2O6. The third-order valence-electron chi connectivity index (χ3n) is 4.31. The molecule has 0 saturated carbocycles. The summed E-state index contributed by atoms with van der Waals surface area (Å²) in [6.07, 6.45) is 2.29. The van der Waals surface area contributed by atoms with Crippen molar-refractivity contribution in [3.63, 3.8) is 0 Å². The molecule has 1 heterocycles. The van der Waals surface area contributed by atoms with E-state index in [1.165, 1.54) is 37.5 Å². The Bertz CT molecular complexity index is 1010. The van der Waals surface area contributed by atoms with E-state index in [9.17, 15) is 19.2 Å². The summed E-state index contributed by atoms with van der Waals surface area (Å²) in [5.74, 6) is -1.40. The molecule has 8 nitrogen and oxygen atoms in total. The molecule has 4 amide bonds. The Morgan fingerprint density at radius 1 is 1.03 bits per heavy atom. The Morgan fingerprint density at radius 2 is 1.70 bits per heavy atom. The van der Waals surface area contributed by atoms with Crippen molar-refractivity contribution in [2.45, 2.75) is 13.3 Å². The predicted molar refractivity (Wildman–Crippen MR) is 109 cm³/mol. The number of methoxy groups -OCH3 is 1. The maximum atomic E-state index is 12.9. The Labute approximate surface area is 173 Å². The number of hydrogen-bond acceptors (Lipinski definition) is 6. The number of urea groups is 1. The van der Waals surface area contributed by atoms with Gasteiger partial charge < -0.3 is 9.47 Å². The lowest BCUT2D eigenvalue weighted by molar-refractivity contribution is -0.122. The minimum absolute atomic E-state index is 0.186. The molecular weight excluding hydrogens is 388 g/mol. The van der Waals surface area contributed by atoms with Crippen LogP contribution in [0.3, 0.4) is 0 Å². The molecule has 8 heteroatoms. The van der Waals surface area contributed by atoms with Crippen LogP contribution in [0.2, 0.25) is 0 Å². The summed E-state index contributed by atoms with van der Waals surface area (Å²) in [7, 11) is 1.25. The predicted octanol–water partition coefficient (Wildman–Crippen LogP) is 2.93. The summed E-state index contributed by atoms with van der Waals surface area (Å²) in [4.78, 5) is 49.8. The Kier molecular flexibility index (Phi) is 6.26. The third-order valence-corrected chi connectivity index (χ3v) is 4.31. The highest BCUT2D eigenvalue weighted by atomic mass is 16.5. The summed E-state index contributed by atoms with van der Waals surface area (Å²) >= 11 is 0. The first-order valence-electron chi connectivity index (χ1n) is 9.27. The van der Waals surface area contributed by atoms with E-state index in [1.807, 2.05) is 6.92 Å². The number of imide groups is 2. The van der Waals surface area contributed by atoms with Crippen LogP contribution in [0, 0.1) is 0 Å². The van der Waals surface area contributed by atoms with Gasteiger partial charge in [-0.15, -0.1) is 0 Å². The van der Waals surface area contributed by atoms with Gasteiger partial charge in [0, 0.05) is 0 Å². The van der Waals surface area contributed by atoms with Crippen molar-refractivity contribution < 1.29 is 28.7 Å². The molecule has 1 saturated heterocycles. The van der Waals surface area contributed by atoms with Gasteiger partial charge in [-0.3, -0.25) is 14.9 Å². The molecule has 1 aliphatic heterocycles. The number of ether oxygens (including phenoxy) is 2. The van der Waals surface area contributed by atoms with Gasteiger partial charge in [0.15, 0.2) is 0 Å². The van der Waals surface area contributed by atoms with E-state index in [0.29, 0.717) is 17.9 Å². The van der Waals surface area contributed by atoms with E-state index in [1.54, 1.807) is 24.3 Å². The first-order chi connectivity index (χ1) is 14.4. The summed E-state index contributed by atoms with van der Waals surface area (Å²) in [5.41, 5.74) is 0.900. The van der Waals surface area contributed by atoms with Gasteiger partial charge in [-0.05, 0) is 54.5 Å². The number of anilines is 1.